The lowest BCUT2D eigenvalue weighted by atomic mass is 9.81. The molecule has 2 rings (SSSR count). The normalized spacial score (nSPS) is 11.3. The van der Waals surface area contributed by atoms with Gasteiger partial charge in [-0.3, -0.25) is 0 Å². The Hall–Kier alpha value is -1.56. The largest absolute Gasteiger partial charge is 0.0654 e. The van der Waals surface area contributed by atoms with Gasteiger partial charge < -0.3 is 0 Å². The van der Waals surface area contributed by atoms with Gasteiger partial charge in [0.2, 0.25) is 0 Å². The summed E-state index contributed by atoms with van der Waals surface area (Å²) in [5.41, 5.74) is 8.84. The average molecular weight is 351 g/mol. The number of hydrogen-bond acceptors (Lipinski definition) is 0. The second kappa shape index (κ2) is 10.6. The van der Waals surface area contributed by atoms with Crippen LogP contribution in [0.2, 0.25) is 0 Å². The maximum absolute atomic E-state index is 2.36. The molecule has 0 bridgehead atoms. The van der Waals surface area contributed by atoms with E-state index in [0.29, 0.717) is 5.92 Å². The summed E-state index contributed by atoms with van der Waals surface area (Å²) in [4.78, 5) is 0. The Morgan fingerprint density at radius 1 is 0.615 bits per heavy atom. The highest BCUT2D eigenvalue weighted by atomic mass is 14.2. The first-order valence-electron chi connectivity index (χ1n) is 10.7. The number of rotatable bonds is 10. The molecular formula is C26H38. The Morgan fingerprint density at radius 3 is 1.58 bits per heavy atom. The van der Waals surface area contributed by atoms with Crippen molar-refractivity contribution in [2.45, 2.75) is 91.9 Å². The van der Waals surface area contributed by atoms with Crippen molar-refractivity contribution in [2.24, 2.45) is 0 Å². The van der Waals surface area contributed by atoms with Gasteiger partial charge in [-0.05, 0) is 67.5 Å². The standard InChI is InChI=1S/C26H38/c1-6-7-8-9-10-11-12-17-26(24-18-13-15-20(2)22(24)4)25-19-14-16-21(3)23(25)5/h13-16,18-19,26H,6-12,17H2,1-5H3. The molecule has 0 heterocycles. The minimum atomic E-state index is 0.533. The summed E-state index contributed by atoms with van der Waals surface area (Å²) in [5, 5.41) is 0. The molecule has 0 nitrogen and oxygen atoms in total. The Bertz CT molecular complexity index is 629. The zero-order chi connectivity index (χ0) is 18.9. The molecule has 142 valence electrons. The van der Waals surface area contributed by atoms with E-state index in [1.165, 1.54) is 84.7 Å². The summed E-state index contributed by atoms with van der Waals surface area (Å²) < 4.78 is 0. The molecule has 0 saturated heterocycles. The molecular weight excluding hydrogens is 312 g/mol. The van der Waals surface area contributed by atoms with Crippen LogP contribution >= 0.6 is 0 Å². The molecule has 0 aromatic heterocycles. The van der Waals surface area contributed by atoms with Crippen molar-refractivity contribution in [2.75, 3.05) is 0 Å². The first kappa shape index (κ1) is 20.7. The summed E-state index contributed by atoms with van der Waals surface area (Å²) in [6, 6.07) is 13.7. The first-order valence-corrected chi connectivity index (χ1v) is 10.7. The van der Waals surface area contributed by atoms with Crippen LogP contribution in [0.1, 0.15) is 97.6 Å². The van der Waals surface area contributed by atoms with Crippen LogP contribution in [0.4, 0.5) is 0 Å². The van der Waals surface area contributed by atoms with Gasteiger partial charge in [-0.15, -0.1) is 0 Å². The lowest BCUT2D eigenvalue weighted by Crippen LogP contribution is -2.07. The van der Waals surface area contributed by atoms with Crippen molar-refractivity contribution < 1.29 is 0 Å². The van der Waals surface area contributed by atoms with Crippen LogP contribution < -0.4 is 0 Å². The maximum atomic E-state index is 2.36. The second-order valence-corrected chi connectivity index (χ2v) is 8.04. The van der Waals surface area contributed by atoms with E-state index in [0.717, 1.165) is 0 Å². The van der Waals surface area contributed by atoms with Gasteiger partial charge in [0.1, 0.15) is 0 Å². The molecule has 0 aliphatic heterocycles. The van der Waals surface area contributed by atoms with Crippen LogP contribution in [0.3, 0.4) is 0 Å². The summed E-state index contributed by atoms with van der Waals surface area (Å²) in [6.07, 6.45) is 10.9. The summed E-state index contributed by atoms with van der Waals surface area (Å²) in [7, 11) is 0. The summed E-state index contributed by atoms with van der Waals surface area (Å²) >= 11 is 0. The van der Waals surface area contributed by atoms with Crippen LogP contribution in [0, 0.1) is 27.7 Å². The van der Waals surface area contributed by atoms with E-state index in [9.17, 15) is 0 Å². The van der Waals surface area contributed by atoms with Crippen molar-refractivity contribution in [3.05, 3.63) is 69.8 Å². The Labute approximate surface area is 162 Å². The molecule has 0 radical (unpaired) electrons. The quantitative estimate of drug-likeness (QED) is 0.379. The van der Waals surface area contributed by atoms with Crippen LogP contribution in [-0.4, -0.2) is 0 Å². The van der Waals surface area contributed by atoms with Crippen LogP contribution in [0.25, 0.3) is 0 Å². The smallest absolute Gasteiger partial charge is 0.00947 e. The van der Waals surface area contributed by atoms with E-state index < -0.39 is 0 Å². The molecule has 0 saturated carbocycles. The third kappa shape index (κ3) is 5.47. The fourth-order valence-electron chi connectivity index (χ4n) is 4.09. The zero-order valence-corrected chi connectivity index (χ0v) is 17.7. The Kier molecular flexibility index (Phi) is 8.42. The van der Waals surface area contributed by atoms with E-state index in [4.69, 9.17) is 0 Å². The zero-order valence-electron chi connectivity index (χ0n) is 17.7. The molecule has 0 heteroatoms. The van der Waals surface area contributed by atoms with Gasteiger partial charge in [0, 0.05) is 5.92 Å². The SMILES string of the molecule is CCCCCCCCCC(c1cccc(C)c1C)c1cccc(C)c1C. The second-order valence-electron chi connectivity index (χ2n) is 8.04. The van der Waals surface area contributed by atoms with Gasteiger partial charge in [-0.25, -0.2) is 0 Å². The highest BCUT2D eigenvalue weighted by Gasteiger charge is 2.19. The van der Waals surface area contributed by atoms with E-state index in [-0.39, 0.29) is 0 Å². The fraction of sp³-hybridized carbons (Fsp3) is 0.538. The van der Waals surface area contributed by atoms with Crippen molar-refractivity contribution in [1.29, 1.82) is 0 Å². The van der Waals surface area contributed by atoms with E-state index in [1.807, 2.05) is 0 Å². The lowest BCUT2D eigenvalue weighted by molar-refractivity contribution is 0.557. The highest BCUT2D eigenvalue weighted by molar-refractivity contribution is 5.45. The predicted molar refractivity (Wildman–Crippen MR) is 116 cm³/mol. The highest BCUT2D eigenvalue weighted by Crippen LogP contribution is 2.35. The van der Waals surface area contributed by atoms with E-state index in [1.54, 1.807) is 0 Å². The van der Waals surface area contributed by atoms with Crippen LogP contribution in [0.5, 0.6) is 0 Å². The average Bonchev–Trinajstić information content (AvgIpc) is 2.63. The van der Waals surface area contributed by atoms with Crippen molar-refractivity contribution in [1.82, 2.24) is 0 Å². The Balaban J connectivity index is 2.15. The first-order chi connectivity index (χ1) is 12.6. The minimum absolute atomic E-state index is 0.533. The molecule has 2 aromatic rings. The minimum Gasteiger partial charge on any atom is -0.0654 e. The molecule has 0 aliphatic carbocycles. The van der Waals surface area contributed by atoms with E-state index in [2.05, 4.69) is 71.0 Å². The lowest BCUT2D eigenvalue weighted by Gasteiger charge is -2.24. The monoisotopic (exact) mass is 350 g/mol. The topological polar surface area (TPSA) is 0 Å². The van der Waals surface area contributed by atoms with Crippen molar-refractivity contribution in [3.8, 4) is 0 Å². The molecule has 0 unspecified atom stereocenters. The molecule has 0 spiro atoms. The van der Waals surface area contributed by atoms with Gasteiger partial charge in [0.15, 0.2) is 0 Å². The van der Waals surface area contributed by atoms with Crippen molar-refractivity contribution >= 4 is 0 Å². The molecule has 2 aromatic carbocycles. The molecule has 0 amide bonds. The molecule has 0 fully saturated rings. The Morgan fingerprint density at radius 2 is 1.08 bits per heavy atom. The van der Waals surface area contributed by atoms with Crippen LogP contribution in [0.15, 0.2) is 36.4 Å². The van der Waals surface area contributed by atoms with Gasteiger partial charge in [-0.2, -0.15) is 0 Å². The number of benzene rings is 2. The number of aryl methyl sites for hydroxylation is 2. The van der Waals surface area contributed by atoms with Gasteiger partial charge >= 0.3 is 0 Å². The predicted octanol–water partition coefficient (Wildman–Crippen LogP) is 8.19. The van der Waals surface area contributed by atoms with E-state index >= 15 is 0 Å². The fourth-order valence-corrected chi connectivity index (χ4v) is 4.09. The van der Waals surface area contributed by atoms with Gasteiger partial charge in [0.05, 0.1) is 0 Å². The number of hydrogen-bond donors (Lipinski definition) is 0. The van der Waals surface area contributed by atoms with Gasteiger partial charge in [-0.1, -0.05) is 88.3 Å². The summed E-state index contributed by atoms with van der Waals surface area (Å²) in [6.45, 7) is 11.4. The van der Waals surface area contributed by atoms with Crippen LogP contribution in [-0.2, 0) is 0 Å². The number of unbranched alkanes of at least 4 members (excludes halogenated alkanes) is 6. The third-order valence-electron chi connectivity index (χ3n) is 6.14. The third-order valence-corrected chi connectivity index (χ3v) is 6.14. The molecule has 0 N–H and O–H groups in total. The molecule has 0 aliphatic rings. The van der Waals surface area contributed by atoms with Gasteiger partial charge in [0.25, 0.3) is 0 Å². The maximum Gasteiger partial charge on any atom is 0.00947 e. The van der Waals surface area contributed by atoms with Crippen molar-refractivity contribution in [3.63, 3.8) is 0 Å². The molecule has 26 heavy (non-hydrogen) atoms. The summed E-state index contributed by atoms with van der Waals surface area (Å²) in [5.74, 6) is 0.533. The molecule has 0 atom stereocenters.